The van der Waals surface area contributed by atoms with Gasteiger partial charge in [0.15, 0.2) is 0 Å². The Kier molecular flexibility index (Phi) is 5.71. The van der Waals surface area contributed by atoms with Crippen LogP contribution in [-0.4, -0.2) is 40.9 Å². The number of hydrogen-bond donors (Lipinski definition) is 4. The highest BCUT2D eigenvalue weighted by atomic mass is 19.4. The van der Waals surface area contributed by atoms with Gasteiger partial charge >= 0.3 is 6.18 Å². The Labute approximate surface area is 160 Å². The second-order valence-corrected chi connectivity index (χ2v) is 6.93. The first-order chi connectivity index (χ1) is 13.3. The molecule has 0 bridgehead atoms. The summed E-state index contributed by atoms with van der Waals surface area (Å²) in [6, 6.07) is 7.16. The van der Waals surface area contributed by atoms with Gasteiger partial charge in [0.25, 0.3) is 0 Å². The molecule has 1 fully saturated rings. The lowest BCUT2D eigenvalue weighted by Gasteiger charge is -2.15. The third kappa shape index (κ3) is 4.90. The van der Waals surface area contributed by atoms with Gasteiger partial charge in [-0.2, -0.15) is 13.2 Å². The Hall–Kier alpha value is -2.84. The van der Waals surface area contributed by atoms with Crippen LogP contribution in [0.3, 0.4) is 0 Å². The van der Waals surface area contributed by atoms with E-state index in [9.17, 15) is 18.0 Å². The SMILES string of the molecule is CC(NC(=O)C1CC1c1nc2ccccc2[nH]1)/C(C=N)=C/NCCC(F)(F)F. The van der Waals surface area contributed by atoms with Crippen LogP contribution in [-0.2, 0) is 4.79 Å². The van der Waals surface area contributed by atoms with Crippen molar-refractivity contribution in [3.63, 3.8) is 0 Å². The first-order valence-electron chi connectivity index (χ1n) is 9.04. The molecule has 28 heavy (non-hydrogen) atoms. The van der Waals surface area contributed by atoms with E-state index in [-0.39, 0.29) is 24.3 Å². The standard InChI is InChI=1S/C19H22F3N5O/c1-11(12(9-23)10-24-7-6-19(20,21)22)25-18(28)14-8-13(14)17-26-15-4-2-3-5-16(15)27-17/h2-5,9-11,13-14,23-24H,6-8H2,1H3,(H,25,28)(H,26,27)/b12-10+,23-9?. The Morgan fingerprint density at radius 3 is 2.86 bits per heavy atom. The molecule has 3 rings (SSSR count). The summed E-state index contributed by atoms with van der Waals surface area (Å²) in [5.41, 5.74) is 2.18. The molecule has 0 saturated heterocycles. The molecule has 1 amide bonds. The maximum Gasteiger partial charge on any atom is 0.390 e. The number of nitrogens with one attached hydrogen (secondary N) is 4. The van der Waals surface area contributed by atoms with E-state index in [1.54, 1.807) is 6.92 Å². The monoisotopic (exact) mass is 393 g/mol. The Balaban J connectivity index is 1.53. The molecule has 1 aliphatic rings. The number of amides is 1. The van der Waals surface area contributed by atoms with Crippen molar-refractivity contribution < 1.29 is 18.0 Å². The molecule has 0 aliphatic heterocycles. The molecule has 3 unspecified atom stereocenters. The van der Waals surface area contributed by atoms with E-state index in [1.165, 1.54) is 6.20 Å². The van der Waals surface area contributed by atoms with Gasteiger partial charge in [-0.15, -0.1) is 0 Å². The van der Waals surface area contributed by atoms with E-state index in [0.717, 1.165) is 23.1 Å². The number of H-pyrrole nitrogens is 1. The molecule has 150 valence electrons. The van der Waals surface area contributed by atoms with Crippen LogP contribution in [0.15, 0.2) is 36.0 Å². The number of hydrogen-bond acceptors (Lipinski definition) is 4. The van der Waals surface area contributed by atoms with Crippen LogP contribution in [0.25, 0.3) is 11.0 Å². The molecule has 2 aromatic rings. The summed E-state index contributed by atoms with van der Waals surface area (Å²) in [4.78, 5) is 20.2. The third-order valence-electron chi connectivity index (χ3n) is 4.73. The molecule has 0 spiro atoms. The number of aromatic nitrogens is 2. The van der Waals surface area contributed by atoms with Crippen molar-refractivity contribution in [2.24, 2.45) is 5.92 Å². The minimum Gasteiger partial charge on any atom is -0.390 e. The Bertz CT molecular complexity index is 856. The van der Waals surface area contributed by atoms with E-state index >= 15 is 0 Å². The summed E-state index contributed by atoms with van der Waals surface area (Å²) in [6.07, 6.45) is -2.14. The molecule has 3 atom stereocenters. The van der Waals surface area contributed by atoms with E-state index in [0.29, 0.717) is 12.0 Å². The average molecular weight is 393 g/mol. The van der Waals surface area contributed by atoms with Gasteiger partial charge in [-0.1, -0.05) is 12.1 Å². The Morgan fingerprint density at radius 2 is 2.18 bits per heavy atom. The van der Waals surface area contributed by atoms with Crippen molar-refractivity contribution in [1.82, 2.24) is 20.6 Å². The van der Waals surface area contributed by atoms with Crippen molar-refractivity contribution in [3.8, 4) is 0 Å². The lowest BCUT2D eigenvalue weighted by atomic mass is 10.1. The molecule has 1 aromatic heterocycles. The number of para-hydroxylation sites is 2. The molecule has 1 aliphatic carbocycles. The Morgan fingerprint density at radius 1 is 1.43 bits per heavy atom. The molecular formula is C19H22F3N5O. The second-order valence-electron chi connectivity index (χ2n) is 6.93. The number of aromatic amines is 1. The maximum atomic E-state index is 12.5. The predicted octanol–water partition coefficient (Wildman–Crippen LogP) is 3.25. The van der Waals surface area contributed by atoms with Gasteiger partial charge in [0, 0.05) is 36.4 Å². The number of halogens is 3. The van der Waals surface area contributed by atoms with Crippen LogP contribution in [0.1, 0.15) is 31.5 Å². The first-order valence-corrected chi connectivity index (χ1v) is 9.04. The van der Waals surface area contributed by atoms with Crippen molar-refractivity contribution in [2.45, 2.75) is 37.9 Å². The summed E-state index contributed by atoms with van der Waals surface area (Å²) >= 11 is 0. The van der Waals surface area contributed by atoms with Gasteiger partial charge in [-0.05, 0) is 25.5 Å². The number of imidazole rings is 1. The van der Waals surface area contributed by atoms with Gasteiger partial charge in [0.2, 0.25) is 5.91 Å². The fourth-order valence-electron chi connectivity index (χ4n) is 3.03. The fraction of sp³-hybridized carbons (Fsp3) is 0.421. The molecule has 6 nitrogen and oxygen atoms in total. The molecule has 1 saturated carbocycles. The highest BCUT2D eigenvalue weighted by Crippen LogP contribution is 2.46. The lowest BCUT2D eigenvalue weighted by molar-refractivity contribution is -0.133. The minimum absolute atomic E-state index is 0.0249. The van der Waals surface area contributed by atoms with E-state index < -0.39 is 18.6 Å². The number of benzene rings is 1. The first kappa shape index (κ1) is 19.9. The molecule has 4 N–H and O–H groups in total. The predicted molar refractivity (Wildman–Crippen MR) is 100 cm³/mol. The zero-order valence-electron chi connectivity index (χ0n) is 15.3. The zero-order chi connectivity index (χ0) is 20.3. The molecule has 9 heteroatoms. The summed E-state index contributed by atoms with van der Waals surface area (Å²) in [7, 11) is 0. The quantitative estimate of drug-likeness (QED) is 0.410. The summed E-state index contributed by atoms with van der Waals surface area (Å²) in [5.74, 6) is 0.455. The van der Waals surface area contributed by atoms with Crippen LogP contribution < -0.4 is 10.6 Å². The smallest absolute Gasteiger partial charge is 0.390 e. The number of fused-ring (bicyclic) bond motifs is 1. The van der Waals surface area contributed by atoms with Crippen LogP contribution in [0.4, 0.5) is 13.2 Å². The lowest BCUT2D eigenvalue weighted by Crippen LogP contribution is -2.36. The highest BCUT2D eigenvalue weighted by Gasteiger charge is 2.46. The average Bonchev–Trinajstić information content (AvgIpc) is 3.32. The highest BCUT2D eigenvalue weighted by molar-refractivity contribution is 5.86. The molecule has 1 aromatic carbocycles. The number of rotatable bonds is 8. The van der Waals surface area contributed by atoms with Crippen molar-refractivity contribution in [1.29, 1.82) is 5.41 Å². The van der Waals surface area contributed by atoms with Crippen molar-refractivity contribution >= 4 is 23.2 Å². The third-order valence-corrected chi connectivity index (χ3v) is 4.73. The fourth-order valence-corrected chi connectivity index (χ4v) is 3.03. The number of alkyl halides is 3. The zero-order valence-corrected chi connectivity index (χ0v) is 15.3. The van der Waals surface area contributed by atoms with Crippen molar-refractivity contribution in [2.75, 3.05) is 6.54 Å². The minimum atomic E-state index is -4.23. The number of nitrogens with zero attached hydrogens (tertiary/aromatic N) is 1. The molecule has 0 radical (unpaired) electrons. The van der Waals surface area contributed by atoms with Gasteiger partial charge in [0.1, 0.15) is 5.82 Å². The van der Waals surface area contributed by atoms with Gasteiger partial charge < -0.3 is 21.0 Å². The van der Waals surface area contributed by atoms with E-state index in [2.05, 4.69) is 20.6 Å². The normalized spacial score (nSPS) is 20.6. The topological polar surface area (TPSA) is 93.7 Å². The van der Waals surface area contributed by atoms with Crippen LogP contribution in [0.5, 0.6) is 0 Å². The number of carbonyl (C=O) groups excluding carboxylic acids is 1. The summed E-state index contributed by atoms with van der Waals surface area (Å²) in [6.45, 7) is 1.41. The van der Waals surface area contributed by atoms with Gasteiger partial charge in [0.05, 0.1) is 23.5 Å². The molecule has 1 heterocycles. The van der Waals surface area contributed by atoms with Gasteiger partial charge in [-0.25, -0.2) is 4.98 Å². The maximum absolute atomic E-state index is 12.5. The summed E-state index contributed by atoms with van der Waals surface area (Å²) < 4.78 is 36.5. The molecular weight excluding hydrogens is 371 g/mol. The van der Waals surface area contributed by atoms with E-state index in [4.69, 9.17) is 5.41 Å². The largest absolute Gasteiger partial charge is 0.390 e. The second kappa shape index (κ2) is 8.04. The van der Waals surface area contributed by atoms with Gasteiger partial charge in [-0.3, -0.25) is 4.79 Å². The summed E-state index contributed by atoms with van der Waals surface area (Å²) in [5, 5.41) is 12.8. The van der Waals surface area contributed by atoms with Crippen molar-refractivity contribution in [3.05, 3.63) is 41.9 Å². The van der Waals surface area contributed by atoms with Crippen LogP contribution in [0, 0.1) is 11.3 Å². The van der Waals surface area contributed by atoms with E-state index in [1.807, 2.05) is 24.3 Å². The van der Waals surface area contributed by atoms with Crippen LogP contribution >= 0.6 is 0 Å². The number of carbonyl (C=O) groups is 1. The van der Waals surface area contributed by atoms with Crippen LogP contribution in [0.2, 0.25) is 0 Å².